The van der Waals surface area contributed by atoms with Gasteiger partial charge in [0.2, 0.25) is 0 Å². The van der Waals surface area contributed by atoms with Gasteiger partial charge in [-0.05, 0) is 6.07 Å². The van der Waals surface area contributed by atoms with Crippen LogP contribution >= 0.6 is 15.9 Å². The fraction of sp³-hybridized carbons (Fsp3) is 0.300. The van der Waals surface area contributed by atoms with Crippen molar-refractivity contribution < 1.29 is 14.3 Å². The van der Waals surface area contributed by atoms with Crippen molar-refractivity contribution in [1.29, 1.82) is 0 Å². The van der Waals surface area contributed by atoms with E-state index in [2.05, 4.69) is 20.7 Å². The van der Waals surface area contributed by atoms with E-state index in [4.69, 9.17) is 4.74 Å². The zero-order valence-corrected chi connectivity index (χ0v) is 9.58. The van der Waals surface area contributed by atoms with Crippen LogP contribution in [0.25, 0.3) is 0 Å². The maximum Gasteiger partial charge on any atom is 0.324 e. The minimum absolute atomic E-state index is 0.338. The van der Waals surface area contributed by atoms with Crippen LogP contribution in [0.3, 0.4) is 0 Å². The SMILES string of the molecule is COC(=O)[C@H](Br)c1ccccc1OC. The summed E-state index contributed by atoms with van der Waals surface area (Å²) in [5.41, 5.74) is 0.766. The van der Waals surface area contributed by atoms with Gasteiger partial charge in [-0.15, -0.1) is 0 Å². The number of hydrogen-bond acceptors (Lipinski definition) is 3. The second-order valence-electron chi connectivity index (χ2n) is 2.63. The molecule has 1 rings (SSSR count). The molecule has 0 spiro atoms. The number of para-hydroxylation sites is 1. The summed E-state index contributed by atoms with van der Waals surface area (Å²) in [6.45, 7) is 0. The van der Waals surface area contributed by atoms with Crippen LogP contribution in [0.1, 0.15) is 10.4 Å². The molecule has 0 radical (unpaired) electrons. The van der Waals surface area contributed by atoms with Crippen molar-refractivity contribution in [3.63, 3.8) is 0 Å². The van der Waals surface area contributed by atoms with E-state index in [1.807, 2.05) is 18.2 Å². The van der Waals surface area contributed by atoms with Crippen molar-refractivity contribution in [2.24, 2.45) is 0 Å². The second-order valence-corrected chi connectivity index (χ2v) is 3.54. The first-order chi connectivity index (χ1) is 6.70. The summed E-state index contributed by atoms with van der Waals surface area (Å²) < 4.78 is 9.75. The number of halogens is 1. The molecule has 0 fully saturated rings. The predicted molar refractivity (Wildman–Crippen MR) is 56.7 cm³/mol. The number of ether oxygens (including phenoxy) is 2. The lowest BCUT2D eigenvalue weighted by Crippen LogP contribution is -2.09. The van der Waals surface area contributed by atoms with E-state index >= 15 is 0 Å². The minimum atomic E-state index is -0.483. The van der Waals surface area contributed by atoms with E-state index in [0.717, 1.165) is 5.56 Å². The van der Waals surface area contributed by atoms with Crippen molar-refractivity contribution in [2.75, 3.05) is 14.2 Å². The van der Waals surface area contributed by atoms with Crippen LogP contribution in [-0.2, 0) is 9.53 Å². The molecule has 0 aliphatic carbocycles. The highest BCUT2D eigenvalue weighted by Gasteiger charge is 2.20. The second kappa shape index (κ2) is 5.00. The molecule has 0 saturated carbocycles. The molecule has 14 heavy (non-hydrogen) atoms. The highest BCUT2D eigenvalue weighted by Crippen LogP contribution is 2.31. The molecule has 4 heteroatoms. The fourth-order valence-corrected chi connectivity index (χ4v) is 1.67. The Morgan fingerprint density at radius 2 is 2.00 bits per heavy atom. The molecule has 0 bridgehead atoms. The number of carbonyl (C=O) groups is 1. The lowest BCUT2D eigenvalue weighted by Gasteiger charge is -2.11. The third kappa shape index (κ3) is 2.26. The molecule has 3 nitrogen and oxygen atoms in total. The Hall–Kier alpha value is -1.03. The predicted octanol–water partition coefficient (Wildman–Crippen LogP) is 2.30. The van der Waals surface area contributed by atoms with Gasteiger partial charge >= 0.3 is 5.97 Å². The number of benzene rings is 1. The monoisotopic (exact) mass is 258 g/mol. The molecular formula is C10H11BrO3. The molecule has 0 aliphatic rings. The third-order valence-electron chi connectivity index (χ3n) is 1.82. The number of methoxy groups -OCH3 is 2. The molecule has 0 amide bonds. The van der Waals surface area contributed by atoms with Gasteiger partial charge in [-0.2, -0.15) is 0 Å². The average Bonchev–Trinajstić information content (AvgIpc) is 2.26. The number of carbonyl (C=O) groups excluding carboxylic acids is 1. The summed E-state index contributed by atoms with van der Waals surface area (Å²) in [4.78, 5) is 10.8. The smallest absolute Gasteiger partial charge is 0.324 e. The molecule has 0 aliphatic heterocycles. The topological polar surface area (TPSA) is 35.5 Å². The molecule has 0 heterocycles. The Bertz CT molecular complexity index is 325. The van der Waals surface area contributed by atoms with Crippen LogP contribution in [0, 0.1) is 0 Å². The summed E-state index contributed by atoms with van der Waals surface area (Å²) in [6, 6.07) is 7.30. The molecule has 0 saturated heterocycles. The Morgan fingerprint density at radius 3 is 2.57 bits per heavy atom. The highest BCUT2D eigenvalue weighted by molar-refractivity contribution is 9.09. The van der Waals surface area contributed by atoms with Gasteiger partial charge in [0.25, 0.3) is 0 Å². The maximum absolute atomic E-state index is 11.3. The molecule has 0 N–H and O–H groups in total. The molecule has 1 atom stereocenters. The van der Waals surface area contributed by atoms with Gasteiger partial charge in [0, 0.05) is 5.56 Å². The molecule has 1 aromatic rings. The normalized spacial score (nSPS) is 11.9. The summed E-state index contributed by atoms with van der Waals surface area (Å²) >= 11 is 3.25. The molecule has 1 aromatic carbocycles. The van der Waals surface area contributed by atoms with E-state index in [0.29, 0.717) is 5.75 Å². The number of alkyl halides is 1. The Balaban J connectivity index is 2.99. The molecule has 0 aromatic heterocycles. The van der Waals surface area contributed by atoms with Crippen molar-refractivity contribution in [2.45, 2.75) is 4.83 Å². The van der Waals surface area contributed by atoms with Crippen molar-refractivity contribution >= 4 is 21.9 Å². The van der Waals surface area contributed by atoms with Crippen LogP contribution in [-0.4, -0.2) is 20.2 Å². The van der Waals surface area contributed by atoms with Crippen molar-refractivity contribution in [3.05, 3.63) is 29.8 Å². The van der Waals surface area contributed by atoms with Gasteiger partial charge in [-0.1, -0.05) is 34.1 Å². The first kappa shape index (κ1) is 11.0. The van der Waals surface area contributed by atoms with Gasteiger partial charge in [0.05, 0.1) is 14.2 Å². The maximum atomic E-state index is 11.3. The van der Waals surface area contributed by atoms with Gasteiger partial charge in [0.1, 0.15) is 10.6 Å². The van der Waals surface area contributed by atoms with Crippen LogP contribution in [0.2, 0.25) is 0 Å². The van der Waals surface area contributed by atoms with E-state index < -0.39 is 4.83 Å². The average molecular weight is 259 g/mol. The Kier molecular flexibility index (Phi) is 3.95. The van der Waals surface area contributed by atoms with Gasteiger partial charge in [-0.25, -0.2) is 0 Å². The minimum Gasteiger partial charge on any atom is -0.496 e. The summed E-state index contributed by atoms with van der Waals surface area (Å²) in [5.74, 6) is 0.328. The van der Waals surface area contributed by atoms with Crippen molar-refractivity contribution in [1.82, 2.24) is 0 Å². The Morgan fingerprint density at radius 1 is 1.36 bits per heavy atom. The highest BCUT2D eigenvalue weighted by atomic mass is 79.9. The van der Waals surface area contributed by atoms with Crippen LogP contribution in [0.15, 0.2) is 24.3 Å². The van der Waals surface area contributed by atoms with Gasteiger partial charge < -0.3 is 9.47 Å². The number of esters is 1. The summed E-state index contributed by atoms with van der Waals surface area (Å²) in [7, 11) is 2.92. The molecule has 76 valence electrons. The van der Waals surface area contributed by atoms with Gasteiger partial charge in [-0.3, -0.25) is 4.79 Å². The number of hydrogen-bond donors (Lipinski definition) is 0. The first-order valence-corrected chi connectivity index (χ1v) is 4.97. The quantitative estimate of drug-likeness (QED) is 0.617. The summed E-state index contributed by atoms with van der Waals surface area (Å²) in [6.07, 6.45) is 0. The molecule has 0 unspecified atom stereocenters. The summed E-state index contributed by atoms with van der Waals surface area (Å²) in [5, 5.41) is 0. The standard InChI is InChI=1S/C10H11BrO3/c1-13-8-6-4-3-5-7(8)9(11)10(12)14-2/h3-6,9H,1-2H3/t9-/m1/s1. The third-order valence-corrected chi connectivity index (χ3v) is 2.69. The van der Waals surface area contributed by atoms with Crippen LogP contribution in [0.5, 0.6) is 5.75 Å². The van der Waals surface area contributed by atoms with E-state index in [1.54, 1.807) is 13.2 Å². The van der Waals surface area contributed by atoms with Crippen molar-refractivity contribution in [3.8, 4) is 5.75 Å². The van der Waals surface area contributed by atoms with E-state index in [9.17, 15) is 4.79 Å². The lowest BCUT2D eigenvalue weighted by molar-refractivity contribution is -0.139. The van der Waals surface area contributed by atoms with Crippen LogP contribution < -0.4 is 4.74 Å². The zero-order valence-electron chi connectivity index (χ0n) is 7.99. The van der Waals surface area contributed by atoms with Gasteiger partial charge in [0.15, 0.2) is 0 Å². The zero-order chi connectivity index (χ0) is 10.6. The lowest BCUT2D eigenvalue weighted by atomic mass is 10.1. The number of rotatable bonds is 3. The first-order valence-electron chi connectivity index (χ1n) is 4.05. The molecular weight excluding hydrogens is 248 g/mol. The van der Waals surface area contributed by atoms with Crippen LogP contribution in [0.4, 0.5) is 0 Å². The van der Waals surface area contributed by atoms with E-state index in [-0.39, 0.29) is 5.97 Å². The van der Waals surface area contributed by atoms with E-state index in [1.165, 1.54) is 7.11 Å². The fourth-order valence-electron chi connectivity index (χ4n) is 1.11. The largest absolute Gasteiger partial charge is 0.496 e. The Labute approximate surface area is 91.1 Å².